The van der Waals surface area contributed by atoms with Crippen LogP contribution in [0.5, 0.6) is 5.75 Å². The first-order valence-corrected chi connectivity index (χ1v) is 10.4. The summed E-state index contributed by atoms with van der Waals surface area (Å²) in [4.78, 5) is 24.5. The molecule has 1 aliphatic rings. The predicted molar refractivity (Wildman–Crippen MR) is 116 cm³/mol. The molecular weight excluding hydrogens is 394 g/mol. The van der Waals surface area contributed by atoms with Crippen LogP contribution in [0.25, 0.3) is 5.69 Å². The number of aryl methyl sites for hydroxylation is 1. The molecule has 2 aromatic carbocycles. The Morgan fingerprint density at radius 3 is 2.58 bits per heavy atom. The number of nitrogens with one attached hydrogen (secondary N) is 1. The second-order valence-corrected chi connectivity index (χ2v) is 7.50. The van der Waals surface area contributed by atoms with Crippen LogP contribution in [0.15, 0.2) is 60.7 Å². The summed E-state index contributed by atoms with van der Waals surface area (Å²) in [7, 11) is 1.59. The summed E-state index contributed by atoms with van der Waals surface area (Å²) in [5, 5.41) is 7.48. The highest BCUT2D eigenvalue weighted by Gasteiger charge is 2.28. The molecule has 1 aromatic heterocycles. The molecule has 1 fully saturated rings. The molecule has 0 atom stereocenters. The van der Waals surface area contributed by atoms with E-state index in [1.54, 1.807) is 11.8 Å². The number of benzene rings is 2. The van der Waals surface area contributed by atoms with Gasteiger partial charge in [-0.05, 0) is 43.0 Å². The SMILES string of the molecule is COc1ccccc1CCC(=O)OCC(=O)Nc1cc(C2CC2)nn1-c1ccccc1. The molecule has 1 aliphatic carbocycles. The van der Waals surface area contributed by atoms with Gasteiger partial charge in [-0.3, -0.25) is 9.59 Å². The van der Waals surface area contributed by atoms with Gasteiger partial charge >= 0.3 is 5.97 Å². The maximum Gasteiger partial charge on any atom is 0.306 e. The highest BCUT2D eigenvalue weighted by molar-refractivity contribution is 5.92. The molecule has 7 nitrogen and oxygen atoms in total. The Morgan fingerprint density at radius 2 is 1.84 bits per heavy atom. The fourth-order valence-electron chi connectivity index (χ4n) is 3.38. The van der Waals surface area contributed by atoms with Crippen molar-refractivity contribution in [2.75, 3.05) is 19.0 Å². The Morgan fingerprint density at radius 1 is 1.10 bits per heavy atom. The zero-order chi connectivity index (χ0) is 21.6. The summed E-state index contributed by atoms with van der Waals surface area (Å²) < 4.78 is 12.2. The monoisotopic (exact) mass is 419 g/mol. The molecule has 31 heavy (non-hydrogen) atoms. The van der Waals surface area contributed by atoms with Crippen molar-refractivity contribution >= 4 is 17.7 Å². The highest BCUT2D eigenvalue weighted by atomic mass is 16.5. The molecule has 1 saturated carbocycles. The lowest BCUT2D eigenvalue weighted by molar-refractivity contribution is -0.147. The largest absolute Gasteiger partial charge is 0.496 e. The number of para-hydroxylation sites is 2. The van der Waals surface area contributed by atoms with Crippen LogP contribution in [0.1, 0.15) is 36.4 Å². The Labute approximate surface area is 181 Å². The normalized spacial score (nSPS) is 12.9. The van der Waals surface area contributed by atoms with E-state index < -0.39 is 11.9 Å². The van der Waals surface area contributed by atoms with Crippen molar-refractivity contribution in [2.45, 2.75) is 31.6 Å². The first-order chi connectivity index (χ1) is 15.1. The number of amides is 1. The lowest BCUT2D eigenvalue weighted by Gasteiger charge is -2.10. The number of anilines is 1. The zero-order valence-electron chi connectivity index (χ0n) is 17.4. The Kier molecular flexibility index (Phi) is 6.31. The highest BCUT2D eigenvalue weighted by Crippen LogP contribution is 2.40. The van der Waals surface area contributed by atoms with Crippen LogP contribution in [0.3, 0.4) is 0 Å². The van der Waals surface area contributed by atoms with E-state index in [1.165, 1.54) is 0 Å². The third kappa shape index (κ3) is 5.31. The van der Waals surface area contributed by atoms with Gasteiger partial charge in [0.15, 0.2) is 6.61 Å². The van der Waals surface area contributed by atoms with Gasteiger partial charge in [0.1, 0.15) is 11.6 Å². The van der Waals surface area contributed by atoms with Gasteiger partial charge in [-0.15, -0.1) is 0 Å². The number of rotatable bonds is 9. The van der Waals surface area contributed by atoms with Gasteiger partial charge in [-0.2, -0.15) is 5.10 Å². The van der Waals surface area contributed by atoms with E-state index in [-0.39, 0.29) is 13.0 Å². The van der Waals surface area contributed by atoms with Crippen LogP contribution in [-0.2, 0) is 20.7 Å². The average Bonchev–Trinajstić information content (AvgIpc) is 3.57. The van der Waals surface area contributed by atoms with Gasteiger partial charge < -0.3 is 14.8 Å². The lowest BCUT2D eigenvalue weighted by Crippen LogP contribution is -2.22. The summed E-state index contributed by atoms with van der Waals surface area (Å²) in [5.41, 5.74) is 2.75. The van der Waals surface area contributed by atoms with Gasteiger partial charge in [0.25, 0.3) is 5.91 Å². The van der Waals surface area contributed by atoms with Crippen molar-refractivity contribution < 1.29 is 19.1 Å². The van der Waals surface area contributed by atoms with E-state index in [1.807, 2.05) is 60.7 Å². The molecule has 0 spiro atoms. The van der Waals surface area contributed by atoms with E-state index in [2.05, 4.69) is 10.4 Å². The van der Waals surface area contributed by atoms with Gasteiger partial charge in [-0.25, -0.2) is 4.68 Å². The van der Waals surface area contributed by atoms with Crippen molar-refractivity contribution in [1.82, 2.24) is 9.78 Å². The smallest absolute Gasteiger partial charge is 0.306 e. The van der Waals surface area contributed by atoms with Crippen molar-refractivity contribution in [1.29, 1.82) is 0 Å². The number of nitrogens with zero attached hydrogens (tertiary/aromatic N) is 2. The lowest BCUT2D eigenvalue weighted by atomic mass is 10.1. The first-order valence-electron chi connectivity index (χ1n) is 10.4. The number of esters is 1. The number of ether oxygens (including phenoxy) is 2. The molecule has 1 N–H and O–H groups in total. The second kappa shape index (κ2) is 9.47. The topological polar surface area (TPSA) is 82.4 Å². The quantitative estimate of drug-likeness (QED) is 0.533. The minimum atomic E-state index is -0.434. The third-order valence-corrected chi connectivity index (χ3v) is 5.15. The van der Waals surface area contributed by atoms with Gasteiger partial charge in [0.05, 0.1) is 18.5 Å². The summed E-state index contributed by atoms with van der Waals surface area (Å²) >= 11 is 0. The van der Waals surface area contributed by atoms with Crippen molar-refractivity contribution in [3.63, 3.8) is 0 Å². The van der Waals surface area contributed by atoms with Crippen LogP contribution in [0, 0.1) is 0 Å². The molecule has 4 rings (SSSR count). The minimum Gasteiger partial charge on any atom is -0.496 e. The third-order valence-electron chi connectivity index (χ3n) is 5.15. The standard InChI is InChI=1S/C24H25N3O4/c1-30-21-10-6-5-7-18(21)13-14-24(29)31-16-23(28)25-22-15-20(17-11-12-17)26-27(22)19-8-3-2-4-9-19/h2-10,15,17H,11-14,16H2,1H3,(H,25,28). The molecule has 7 heteroatoms. The molecule has 0 bridgehead atoms. The minimum absolute atomic E-state index is 0.168. The molecule has 160 valence electrons. The van der Waals surface area contributed by atoms with E-state index in [0.717, 1.165) is 35.5 Å². The van der Waals surface area contributed by atoms with Crippen molar-refractivity contribution in [2.24, 2.45) is 0 Å². The number of carbonyl (C=O) groups is 2. The second-order valence-electron chi connectivity index (χ2n) is 7.50. The van der Waals surface area contributed by atoms with Crippen LogP contribution in [-0.4, -0.2) is 35.4 Å². The van der Waals surface area contributed by atoms with Crippen molar-refractivity contribution in [3.05, 3.63) is 71.9 Å². The number of carbonyl (C=O) groups excluding carboxylic acids is 2. The maximum absolute atomic E-state index is 12.4. The maximum atomic E-state index is 12.4. The molecule has 1 heterocycles. The number of aromatic nitrogens is 2. The van der Waals surface area contributed by atoms with E-state index in [9.17, 15) is 9.59 Å². The molecule has 0 aliphatic heterocycles. The molecular formula is C24H25N3O4. The summed E-state index contributed by atoms with van der Waals surface area (Å²) in [6.07, 6.45) is 2.88. The summed E-state index contributed by atoms with van der Waals surface area (Å²) in [5.74, 6) is 0.923. The number of methoxy groups -OCH3 is 1. The molecule has 0 saturated heterocycles. The van der Waals surface area contributed by atoms with Gasteiger partial charge in [-0.1, -0.05) is 36.4 Å². The molecule has 0 unspecified atom stereocenters. The van der Waals surface area contributed by atoms with E-state index in [0.29, 0.717) is 18.2 Å². The number of hydrogen-bond acceptors (Lipinski definition) is 5. The zero-order valence-corrected chi connectivity index (χ0v) is 17.4. The van der Waals surface area contributed by atoms with Crippen LogP contribution >= 0.6 is 0 Å². The fourth-order valence-corrected chi connectivity index (χ4v) is 3.38. The average molecular weight is 419 g/mol. The molecule has 0 radical (unpaired) electrons. The fraction of sp³-hybridized carbons (Fsp3) is 0.292. The first kappa shape index (κ1) is 20.7. The number of hydrogen-bond donors (Lipinski definition) is 1. The molecule has 1 amide bonds. The Hall–Kier alpha value is -3.61. The van der Waals surface area contributed by atoms with Crippen LogP contribution in [0.4, 0.5) is 5.82 Å². The van der Waals surface area contributed by atoms with Gasteiger partial charge in [0, 0.05) is 18.4 Å². The van der Waals surface area contributed by atoms with Gasteiger partial charge in [0.2, 0.25) is 0 Å². The summed E-state index contributed by atoms with van der Waals surface area (Å²) in [6, 6.07) is 19.0. The van der Waals surface area contributed by atoms with E-state index in [4.69, 9.17) is 9.47 Å². The molecule has 3 aromatic rings. The van der Waals surface area contributed by atoms with Crippen molar-refractivity contribution in [3.8, 4) is 11.4 Å². The Bertz CT molecular complexity index is 1060. The Balaban J connectivity index is 1.33. The summed E-state index contributed by atoms with van der Waals surface area (Å²) in [6.45, 7) is -0.344. The predicted octanol–water partition coefficient (Wildman–Crippen LogP) is 3.87. The van der Waals surface area contributed by atoms with E-state index >= 15 is 0 Å². The van der Waals surface area contributed by atoms with Crippen LogP contribution in [0.2, 0.25) is 0 Å². The van der Waals surface area contributed by atoms with Crippen LogP contribution < -0.4 is 10.1 Å².